The Kier molecular flexibility index (Phi) is 4.76. The van der Waals surface area contributed by atoms with Crippen molar-refractivity contribution in [1.82, 2.24) is 5.32 Å². The minimum atomic E-state index is -0.212. The van der Waals surface area contributed by atoms with Crippen molar-refractivity contribution >= 4 is 5.91 Å². The Hall–Kier alpha value is -2.49. The van der Waals surface area contributed by atoms with Crippen LogP contribution in [0.2, 0.25) is 0 Å². The molecule has 2 aromatic rings. The summed E-state index contributed by atoms with van der Waals surface area (Å²) < 4.78 is 10.7. The average Bonchev–Trinajstić information content (AvgIpc) is 2.77. The number of rotatable bonds is 6. The van der Waals surface area contributed by atoms with Crippen LogP contribution in [-0.2, 0) is 16.8 Å². The largest absolute Gasteiger partial charge is 0.493 e. The van der Waals surface area contributed by atoms with Gasteiger partial charge in [0.25, 0.3) is 0 Å². The first-order valence-electron chi connectivity index (χ1n) is 11.1. The number of ether oxygens (including phenoxy) is 2. The number of carbonyl (C=O) groups is 1. The maximum Gasteiger partial charge on any atom is 0.226 e. The summed E-state index contributed by atoms with van der Waals surface area (Å²) in [6.07, 6.45) is 6.90. The Morgan fingerprint density at radius 2 is 1.67 bits per heavy atom. The van der Waals surface area contributed by atoms with Crippen LogP contribution >= 0.6 is 0 Å². The van der Waals surface area contributed by atoms with Gasteiger partial charge in [-0.05, 0) is 79.0 Å². The standard InChI is InChI=1S/C26H31NO3/c1-29-22-9-8-18(11-23(22)30-2)16-27-24(28)26-14-19-10-20(15-26)13-25(12-19,17-26)21-6-4-3-5-7-21/h3-9,11,19-20H,10,12-17H2,1-2H3,(H,27,28)/t19-,20-,25?,26?/m0/s1. The molecule has 4 aliphatic rings. The van der Waals surface area contributed by atoms with E-state index in [0.29, 0.717) is 29.9 Å². The molecule has 1 amide bonds. The normalized spacial score (nSPS) is 31.4. The molecule has 4 nitrogen and oxygen atoms in total. The zero-order valence-corrected chi connectivity index (χ0v) is 17.9. The summed E-state index contributed by atoms with van der Waals surface area (Å²) in [7, 11) is 3.27. The lowest BCUT2D eigenvalue weighted by Crippen LogP contribution is -2.59. The van der Waals surface area contributed by atoms with E-state index in [1.165, 1.54) is 24.8 Å². The second kappa shape index (κ2) is 7.33. The van der Waals surface area contributed by atoms with Crippen molar-refractivity contribution in [3.05, 3.63) is 59.7 Å². The van der Waals surface area contributed by atoms with Crippen LogP contribution < -0.4 is 14.8 Å². The monoisotopic (exact) mass is 405 g/mol. The van der Waals surface area contributed by atoms with Crippen molar-refractivity contribution in [2.45, 2.75) is 50.5 Å². The molecule has 4 bridgehead atoms. The number of methoxy groups -OCH3 is 2. The van der Waals surface area contributed by atoms with E-state index >= 15 is 0 Å². The van der Waals surface area contributed by atoms with Crippen LogP contribution in [0, 0.1) is 17.3 Å². The fourth-order valence-corrected chi connectivity index (χ4v) is 7.02. The van der Waals surface area contributed by atoms with Gasteiger partial charge >= 0.3 is 0 Å². The van der Waals surface area contributed by atoms with Crippen molar-refractivity contribution < 1.29 is 14.3 Å². The quantitative estimate of drug-likeness (QED) is 0.747. The number of nitrogens with one attached hydrogen (secondary N) is 1. The first-order chi connectivity index (χ1) is 14.6. The van der Waals surface area contributed by atoms with Gasteiger partial charge in [-0.3, -0.25) is 4.79 Å². The summed E-state index contributed by atoms with van der Waals surface area (Å²) in [4.78, 5) is 13.6. The molecule has 6 rings (SSSR count). The fourth-order valence-electron chi connectivity index (χ4n) is 7.02. The van der Waals surface area contributed by atoms with Crippen molar-refractivity contribution in [2.24, 2.45) is 17.3 Å². The molecular formula is C26H31NO3. The van der Waals surface area contributed by atoms with Crippen LogP contribution in [0.25, 0.3) is 0 Å². The predicted molar refractivity (Wildman–Crippen MR) is 117 cm³/mol. The van der Waals surface area contributed by atoms with E-state index in [4.69, 9.17) is 9.47 Å². The first kappa shape index (κ1) is 19.5. The molecule has 30 heavy (non-hydrogen) atoms. The van der Waals surface area contributed by atoms with Crippen molar-refractivity contribution in [3.63, 3.8) is 0 Å². The van der Waals surface area contributed by atoms with E-state index in [1.807, 2.05) is 18.2 Å². The molecule has 4 saturated carbocycles. The minimum absolute atomic E-state index is 0.187. The van der Waals surface area contributed by atoms with Gasteiger partial charge in [0.2, 0.25) is 5.91 Å². The van der Waals surface area contributed by atoms with E-state index < -0.39 is 0 Å². The molecular weight excluding hydrogens is 374 g/mol. The van der Waals surface area contributed by atoms with Gasteiger partial charge in [0.15, 0.2) is 11.5 Å². The van der Waals surface area contributed by atoms with Crippen molar-refractivity contribution in [2.75, 3.05) is 14.2 Å². The van der Waals surface area contributed by atoms with Gasteiger partial charge in [0, 0.05) is 6.54 Å². The van der Waals surface area contributed by atoms with Crippen LogP contribution in [0.1, 0.15) is 49.7 Å². The zero-order chi connectivity index (χ0) is 20.8. The second-order valence-corrected chi connectivity index (χ2v) is 9.76. The Morgan fingerprint density at radius 3 is 2.33 bits per heavy atom. The number of amides is 1. The Labute approximate surface area is 179 Å². The summed E-state index contributed by atoms with van der Waals surface area (Å²) in [6.45, 7) is 0.522. The Bertz CT molecular complexity index is 925. The van der Waals surface area contributed by atoms with Crippen molar-refractivity contribution in [1.29, 1.82) is 0 Å². The summed E-state index contributed by atoms with van der Waals surface area (Å²) in [5.41, 5.74) is 2.45. The molecule has 2 atom stereocenters. The molecule has 158 valence electrons. The maximum atomic E-state index is 13.6. The van der Waals surface area contributed by atoms with Gasteiger partial charge in [-0.15, -0.1) is 0 Å². The zero-order valence-electron chi connectivity index (χ0n) is 17.9. The van der Waals surface area contributed by atoms with Gasteiger partial charge < -0.3 is 14.8 Å². The summed E-state index contributed by atoms with van der Waals surface area (Å²) in [5.74, 6) is 3.00. The highest BCUT2D eigenvalue weighted by atomic mass is 16.5. The molecule has 4 heteroatoms. The van der Waals surface area contributed by atoms with E-state index in [-0.39, 0.29) is 16.7 Å². The highest BCUT2D eigenvalue weighted by Gasteiger charge is 2.60. The fraction of sp³-hybridized carbons (Fsp3) is 0.500. The lowest BCUT2D eigenvalue weighted by Gasteiger charge is -2.61. The summed E-state index contributed by atoms with van der Waals surface area (Å²) in [6, 6.07) is 16.8. The minimum Gasteiger partial charge on any atom is -0.493 e. The third-order valence-electron chi connectivity index (χ3n) is 7.83. The summed E-state index contributed by atoms with van der Waals surface area (Å²) >= 11 is 0. The number of hydrogen-bond acceptors (Lipinski definition) is 3. The number of hydrogen-bond donors (Lipinski definition) is 1. The first-order valence-corrected chi connectivity index (χ1v) is 11.1. The Balaban J connectivity index is 1.36. The van der Waals surface area contributed by atoms with Gasteiger partial charge in [0.05, 0.1) is 19.6 Å². The van der Waals surface area contributed by atoms with E-state index in [1.54, 1.807) is 14.2 Å². The van der Waals surface area contributed by atoms with Crippen LogP contribution in [0.4, 0.5) is 0 Å². The molecule has 2 aromatic carbocycles. The SMILES string of the molecule is COc1ccc(CNC(=O)C23C[C@H]4C[C@H](C2)CC(c2ccccc2)(C4)C3)cc1OC. The lowest BCUT2D eigenvalue weighted by molar-refractivity contribution is -0.149. The molecule has 1 N–H and O–H groups in total. The van der Waals surface area contributed by atoms with Crippen LogP contribution in [0.3, 0.4) is 0 Å². The van der Waals surface area contributed by atoms with E-state index in [9.17, 15) is 4.79 Å². The molecule has 0 aliphatic heterocycles. The number of benzene rings is 2. The van der Waals surface area contributed by atoms with E-state index in [2.05, 4.69) is 35.6 Å². The third kappa shape index (κ3) is 3.17. The van der Waals surface area contributed by atoms with Crippen molar-refractivity contribution in [3.8, 4) is 11.5 Å². The highest BCUT2D eigenvalue weighted by Crippen LogP contribution is 2.65. The van der Waals surface area contributed by atoms with Gasteiger partial charge in [0.1, 0.15) is 0 Å². The molecule has 0 aromatic heterocycles. The highest BCUT2D eigenvalue weighted by molar-refractivity contribution is 5.83. The predicted octanol–water partition coefficient (Wildman–Crippen LogP) is 4.86. The van der Waals surface area contributed by atoms with E-state index in [0.717, 1.165) is 24.8 Å². The molecule has 0 unspecified atom stereocenters. The van der Waals surface area contributed by atoms with Crippen LogP contribution in [-0.4, -0.2) is 20.1 Å². The van der Waals surface area contributed by atoms with Gasteiger partial charge in [-0.1, -0.05) is 36.4 Å². The maximum absolute atomic E-state index is 13.6. The van der Waals surface area contributed by atoms with Gasteiger partial charge in [-0.2, -0.15) is 0 Å². The smallest absolute Gasteiger partial charge is 0.226 e. The molecule has 0 radical (unpaired) electrons. The molecule has 0 saturated heterocycles. The molecule has 4 fully saturated rings. The second-order valence-electron chi connectivity index (χ2n) is 9.76. The average molecular weight is 406 g/mol. The molecule has 0 spiro atoms. The molecule has 4 aliphatic carbocycles. The topological polar surface area (TPSA) is 47.6 Å². The summed E-state index contributed by atoms with van der Waals surface area (Å²) in [5, 5.41) is 3.28. The van der Waals surface area contributed by atoms with Crippen LogP contribution in [0.5, 0.6) is 11.5 Å². The third-order valence-corrected chi connectivity index (χ3v) is 7.83. The Morgan fingerprint density at radius 1 is 0.967 bits per heavy atom. The number of carbonyl (C=O) groups excluding carboxylic acids is 1. The lowest BCUT2D eigenvalue weighted by atomic mass is 9.42. The van der Waals surface area contributed by atoms with Gasteiger partial charge in [-0.25, -0.2) is 0 Å². The molecule has 0 heterocycles. The van der Waals surface area contributed by atoms with Crippen LogP contribution in [0.15, 0.2) is 48.5 Å².